The highest BCUT2D eigenvalue weighted by Gasteiger charge is 2.27. The second kappa shape index (κ2) is 20.6. The average molecular weight is 718 g/mol. The third kappa shape index (κ3) is 25.0. The first kappa shape index (κ1) is 46.0. The van der Waals surface area contributed by atoms with Gasteiger partial charge in [0.1, 0.15) is 34.5 Å². The normalized spacial score (nSPS) is 13.8. The minimum absolute atomic E-state index is 0.0255. The lowest BCUT2D eigenvalue weighted by molar-refractivity contribution is -0.123. The van der Waals surface area contributed by atoms with Crippen molar-refractivity contribution in [3.63, 3.8) is 0 Å². The Morgan fingerprint density at radius 3 is 1.34 bits per heavy atom. The molecule has 0 saturated carbocycles. The van der Waals surface area contributed by atoms with Crippen molar-refractivity contribution in [2.24, 2.45) is 5.73 Å². The van der Waals surface area contributed by atoms with Crippen molar-refractivity contribution in [3.8, 4) is 0 Å². The van der Waals surface area contributed by atoms with E-state index in [4.69, 9.17) is 24.7 Å². The number of nitrogens with one attached hydrogen (secondary N) is 6. The standard InChI is InChI=1S/C33H63N7O10/c1-30(2,3)47-26(43)36-18-13-15-21(38-27(44)48-31(4,5)6)20-37-24(41)22(39-28(45)49-32(7,8)9)16-14-17-35-25(42)23(19-34)40-29(46)50-33(10,11)12/h21-23H,13-20,34H2,1-12H3,(H,35,42)(H,36,43)(H,37,41)(H,38,44)(H,39,45)(H,40,46)/t21-,22-,23-/m0/s1. The number of ether oxygens (including phenoxy) is 4. The molecule has 0 fully saturated rings. The van der Waals surface area contributed by atoms with Gasteiger partial charge in [0.2, 0.25) is 11.8 Å². The SMILES string of the molecule is CC(C)(C)OC(=O)NCCC[C@@H](CNC(=O)[C@H](CCCNC(=O)[C@H](CN)NC(=O)OC(C)(C)C)NC(=O)OC(C)(C)C)NC(=O)OC(C)(C)C. The molecule has 0 aromatic carbocycles. The second-order valence-electron chi connectivity index (χ2n) is 15.7. The number of alkyl carbamates (subject to hydrolysis) is 4. The van der Waals surface area contributed by atoms with Gasteiger partial charge in [-0.3, -0.25) is 9.59 Å². The molecule has 0 aromatic rings. The smallest absolute Gasteiger partial charge is 0.408 e. The third-order valence-electron chi connectivity index (χ3n) is 5.86. The highest BCUT2D eigenvalue weighted by atomic mass is 16.6. The number of nitrogens with two attached hydrogens (primary N) is 1. The van der Waals surface area contributed by atoms with Crippen molar-refractivity contribution in [2.75, 3.05) is 26.2 Å². The zero-order valence-corrected chi connectivity index (χ0v) is 32.0. The van der Waals surface area contributed by atoms with Crippen LogP contribution in [0.4, 0.5) is 19.2 Å². The van der Waals surface area contributed by atoms with Crippen LogP contribution in [-0.2, 0) is 28.5 Å². The van der Waals surface area contributed by atoms with Gasteiger partial charge < -0.3 is 56.6 Å². The molecule has 8 N–H and O–H groups in total. The van der Waals surface area contributed by atoms with Crippen molar-refractivity contribution in [3.05, 3.63) is 0 Å². The minimum Gasteiger partial charge on any atom is -0.444 e. The summed E-state index contributed by atoms with van der Waals surface area (Å²) in [6.45, 7) is 20.7. The van der Waals surface area contributed by atoms with Gasteiger partial charge in [0, 0.05) is 32.2 Å². The maximum atomic E-state index is 13.4. The van der Waals surface area contributed by atoms with E-state index in [1.807, 2.05) is 0 Å². The van der Waals surface area contributed by atoms with Crippen LogP contribution in [-0.4, -0.2) is 103 Å². The maximum absolute atomic E-state index is 13.4. The van der Waals surface area contributed by atoms with E-state index < -0.39 is 76.7 Å². The van der Waals surface area contributed by atoms with Gasteiger partial charge in [0.05, 0.1) is 0 Å². The Bertz CT molecular complexity index is 1120. The largest absolute Gasteiger partial charge is 0.444 e. The predicted octanol–water partition coefficient (Wildman–Crippen LogP) is 2.94. The van der Waals surface area contributed by atoms with E-state index in [0.717, 1.165) is 0 Å². The summed E-state index contributed by atoms with van der Waals surface area (Å²) < 4.78 is 21.1. The molecule has 0 aliphatic carbocycles. The first-order chi connectivity index (χ1) is 22.7. The van der Waals surface area contributed by atoms with Crippen LogP contribution in [0, 0.1) is 0 Å². The van der Waals surface area contributed by atoms with Crippen molar-refractivity contribution in [2.45, 2.75) is 149 Å². The fraction of sp³-hybridized carbons (Fsp3) is 0.818. The van der Waals surface area contributed by atoms with Crippen molar-refractivity contribution in [1.29, 1.82) is 0 Å². The van der Waals surface area contributed by atoms with Gasteiger partial charge in [-0.25, -0.2) is 19.2 Å². The molecular weight excluding hydrogens is 654 g/mol. The monoisotopic (exact) mass is 717 g/mol. The van der Waals surface area contributed by atoms with Crippen molar-refractivity contribution < 1.29 is 47.7 Å². The summed E-state index contributed by atoms with van der Waals surface area (Å²) in [4.78, 5) is 75.3. The van der Waals surface area contributed by atoms with Crippen LogP contribution in [0.5, 0.6) is 0 Å². The molecule has 0 aliphatic rings. The molecule has 290 valence electrons. The van der Waals surface area contributed by atoms with E-state index in [9.17, 15) is 28.8 Å². The topological polar surface area (TPSA) is 238 Å². The number of hydrogen-bond acceptors (Lipinski definition) is 11. The van der Waals surface area contributed by atoms with Crippen molar-refractivity contribution in [1.82, 2.24) is 31.9 Å². The van der Waals surface area contributed by atoms with Gasteiger partial charge in [0.25, 0.3) is 0 Å². The second-order valence-corrected chi connectivity index (χ2v) is 15.7. The lowest BCUT2D eigenvalue weighted by Gasteiger charge is -2.26. The molecule has 0 heterocycles. The third-order valence-corrected chi connectivity index (χ3v) is 5.86. The summed E-state index contributed by atoms with van der Waals surface area (Å²) in [5.74, 6) is -1.10. The molecule has 0 bridgehead atoms. The molecule has 0 aromatic heterocycles. The van der Waals surface area contributed by atoms with Crippen LogP contribution >= 0.6 is 0 Å². The number of carbonyl (C=O) groups is 6. The summed E-state index contributed by atoms with van der Waals surface area (Å²) in [6.07, 6.45) is -1.74. The van der Waals surface area contributed by atoms with Gasteiger partial charge in [-0.15, -0.1) is 0 Å². The van der Waals surface area contributed by atoms with Gasteiger partial charge in [0.15, 0.2) is 0 Å². The van der Waals surface area contributed by atoms with Crippen molar-refractivity contribution >= 4 is 36.2 Å². The Hall–Kier alpha value is -4.02. The maximum Gasteiger partial charge on any atom is 0.408 e. The zero-order chi connectivity index (χ0) is 38.9. The molecule has 0 unspecified atom stereocenters. The number of amides is 6. The first-order valence-electron chi connectivity index (χ1n) is 16.9. The summed E-state index contributed by atoms with van der Waals surface area (Å²) >= 11 is 0. The van der Waals surface area contributed by atoms with E-state index in [1.54, 1.807) is 83.1 Å². The van der Waals surface area contributed by atoms with E-state index in [-0.39, 0.29) is 39.0 Å². The average Bonchev–Trinajstić information content (AvgIpc) is 2.89. The highest BCUT2D eigenvalue weighted by Crippen LogP contribution is 2.11. The van der Waals surface area contributed by atoms with E-state index in [0.29, 0.717) is 12.8 Å². The van der Waals surface area contributed by atoms with Gasteiger partial charge in [-0.1, -0.05) is 0 Å². The molecule has 3 atom stereocenters. The number of hydrogen-bond donors (Lipinski definition) is 7. The zero-order valence-electron chi connectivity index (χ0n) is 32.0. The molecule has 17 nitrogen and oxygen atoms in total. The van der Waals surface area contributed by atoms with Gasteiger partial charge >= 0.3 is 24.4 Å². The van der Waals surface area contributed by atoms with E-state index in [2.05, 4.69) is 31.9 Å². The lowest BCUT2D eigenvalue weighted by Crippen LogP contribution is -2.53. The van der Waals surface area contributed by atoms with Crippen LogP contribution in [0.1, 0.15) is 109 Å². The highest BCUT2D eigenvalue weighted by molar-refractivity contribution is 5.86. The predicted molar refractivity (Wildman–Crippen MR) is 187 cm³/mol. The molecule has 0 saturated heterocycles. The summed E-state index contributed by atoms with van der Waals surface area (Å²) in [5.41, 5.74) is 2.67. The van der Waals surface area contributed by atoms with Crippen LogP contribution in [0.25, 0.3) is 0 Å². The van der Waals surface area contributed by atoms with Crippen LogP contribution in [0.2, 0.25) is 0 Å². The summed E-state index contributed by atoms with van der Waals surface area (Å²) in [7, 11) is 0. The van der Waals surface area contributed by atoms with Crippen LogP contribution in [0.15, 0.2) is 0 Å². The van der Waals surface area contributed by atoms with Gasteiger partial charge in [-0.2, -0.15) is 0 Å². The van der Waals surface area contributed by atoms with Gasteiger partial charge in [-0.05, 0) is 109 Å². The lowest BCUT2D eigenvalue weighted by atomic mass is 10.1. The number of rotatable bonds is 16. The van der Waals surface area contributed by atoms with E-state index in [1.165, 1.54) is 0 Å². The van der Waals surface area contributed by atoms with Crippen LogP contribution in [0.3, 0.4) is 0 Å². The number of carbonyl (C=O) groups excluding carboxylic acids is 6. The molecule has 17 heteroatoms. The minimum atomic E-state index is -1.07. The quantitative estimate of drug-likeness (QED) is 0.0905. The van der Waals surface area contributed by atoms with Crippen LogP contribution < -0.4 is 37.6 Å². The molecule has 0 spiro atoms. The summed E-state index contributed by atoms with van der Waals surface area (Å²) in [6, 6.07) is -2.71. The summed E-state index contributed by atoms with van der Waals surface area (Å²) in [5, 5.41) is 15.8. The molecule has 0 rings (SSSR count). The molecular formula is C33H63N7O10. The Kier molecular flexibility index (Phi) is 18.9. The molecule has 0 aliphatic heterocycles. The Morgan fingerprint density at radius 2 is 0.880 bits per heavy atom. The first-order valence-corrected chi connectivity index (χ1v) is 16.9. The Balaban J connectivity index is 5.48. The Labute approximate surface area is 296 Å². The Morgan fingerprint density at radius 1 is 0.500 bits per heavy atom. The fourth-order valence-corrected chi connectivity index (χ4v) is 3.94. The molecule has 6 amide bonds. The molecule has 0 radical (unpaired) electrons. The fourth-order valence-electron chi connectivity index (χ4n) is 3.94. The molecule has 50 heavy (non-hydrogen) atoms. The van der Waals surface area contributed by atoms with E-state index >= 15 is 0 Å².